The van der Waals surface area contributed by atoms with Crippen molar-refractivity contribution in [3.8, 4) is 11.5 Å². The molecule has 1 aromatic heterocycles. The standard InChI is InChI=1S/C18H21N3O3S/c1-4-9-21-17(12-5-6-12)19-20-18(21)25-11-15(22)14-10-13(23-2)7-8-16(14)24-3/h4,7-8,10,12H,1,5-6,9,11H2,2-3H3. The zero-order valence-corrected chi connectivity index (χ0v) is 15.2. The summed E-state index contributed by atoms with van der Waals surface area (Å²) in [5, 5.41) is 9.30. The molecule has 1 fully saturated rings. The Labute approximate surface area is 151 Å². The van der Waals surface area contributed by atoms with Gasteiger partial charge in [-0.25, -0.2) is 0 Å². The first kappa shape index (κ1) is 17.5. The number of Topliss-reactive ketones (excluding diaryl/α,β-unsaturated/α-hetero) is 1. The molecule has 132 valence electrons. The van der Waals surface area contributed by atoms with Crippen LogP contribution in [-0.2, 0) is 6.54 Å². The van der Waals surface area contributed by atoms with Crippen molar-refractivity contribution in [1.29, 1.82) is 0 Å². The van der Waals surface area contributed by atoms with Gasteiger partial charge in [0.25, 0.3) is 0 Å². The molecule has 1 aromatic carbocycles. The summed E-state index contributed by atoms with van der Waals surface area (Å²) in [4.78, 5) is 12.7. The van der Waals surface area contributed by atoms with Crippen molar-refractivity contribution in [2.75, 3.05) is 20.0 Å². The summed E-state index contributed by atoms with van der Waals surface area (Å²) in [6, 6.07) is 5.21. The van der Waals surface area contributed by atoms with Crippen molar-refractivity contribution in [1.82, 2.24) is 14.8 Å². The number of allylic oxidation sites excluding steroid dienone is 1. The molecule has 6 nitrogen and oxygen atoms in total. The fourth-order valence-corrected chi connectivity index (χ4v) is 3.43. The van der Waals surface area contributed by atoms with Crippen LogP contribution in [0, 0.1) is 0 Å². The monoisotopic (exact) mass is 359 g/mol. The third-order valence-electron chi connectivity index (χ3n) is 4.04. The Kier molecular flexibility index (Phi) is 5.43. The van der Waals surface area contributed by atoms with E-state index >= 15 is 0 Å². The van der Waals surface area contributed by atoms with Crippen LogP contribution in [0.15, 0.2) is 36.0 Å². The van der Waals surface area contributed by atoms with E-state index in [1.54, 1.807) is 32.4 Å². The Morgan fingerprint density at radius 3 is 2.80 bits per heavy atom. The number of nitrogens with zero attached hydrogens (tertiary/aromatic N) is 3. The molecule has 0 N–H and O–H groups in total. The number of benzene rings is 1. The number of carbonyl (C=O) groups excluding carboxylic acids is 1. The molecule has 0 unspecified atom stereocenters. The van der Waals surface area contributed by atoms with Crippen LogP contribution in [-0.4, -0.2) is 40.5 Å². The second-order valence-corrected chi connectivity index (χ2v) is 6.73. The van der Waals surface area contributed by atoms with E-state index in [0.29, 0.717) is 29.5 Å². The van der Waals surface area contributed by atoms with E-state index in [1.165, 1.54) is 11.8 Å². The van der Waals surface area contributed by atoms with Crippen LogP contribution in [0.2, 0.25) is 0 Å². The van der Waals surface area contributed by atoms with Crippen LogP contribution in [0.5, 0.6) is 11.5 Å². The van der Waals surface area contributed by atoms with Gasteiger partial charge in [0.2, 0.25) is 0 Å². The summed E-state index contributed by atoms with van der Waals surface area (Å²) in [6.07, 6.45) is 4.13. The van der Waals surface area contributed by atoms with E-state index in [4.69, 9.17) is 9.47 Å². The fraction of sp³-hybridized carbons (Fsp3) is 0.389. The Morgan fingerprint density at radius 1 is 1.36 bits per heavy atom. The number of carbonyl (C=O) groups is 1. The number of aromatic nitrogens is 3. The molecule has 0 bridgehead atoms. The molecular weight excluding hydrogens is 338 g/mol. The maximum Gasteiger partial charge on any atom is 0.191 e. The molecule has 2 aromatic rings. The molecule has 0 saturated heterocycles. The second-order valence-electron chi connectivity index (χ2n) is 5.79. The molecule has 0 radical (unpaired) electrons. The molecule has 1 saturated carbocycles. The van der Waals surface area contributed by atoms with Crippen molar-refractivity contribution in [3.63, 3.8) is 0 Å². The Morgan fingerprint density at radius 2 is 2.16 bits per heavy atom. The second kappa shape index (κ2) is 7.74. The van der Waals surface area contributed by atoms with Crippen molar-refractivity contribution >= 4 is 17.5 Å². The van der Waals surface area contributed by atoms with Crippen LogP contribution < -0.4 is 9.47 Å². The van der Waals surface area contributed by atoms with Gasteiger partial charge in [-0.1, -0.05) is 17.8 Å². The first-order chi connectivity index (χ1) is 12.2. The molecule has 0 aliphatic heterocycles. The highest BCUT2D eigenvalue weighted by Gasteiger charge is 2.30. The number of rotatable bonds is 9. The largest absolute Gasteiger partial charge is 0.497 e. The molecule has 1 aliphatic carbocycles. The van der Waals surface area contributed by atoms with Gasteiger partial charge in [-0.05, 0) is 31.0 Å². The highest BCUT2D eigenvalue weighted by atomic mass is 32.2. The first-order valence-corrected chi connectivity index (χ1v) is 9.08. The quantitative estimate of drug-likeness (QED) is 0.389. The number of ketones is 1. The first-order valence-electron chi connectivity index (χ1n) is 8.10. The van der Waals surface area contributed by atoms with E-state index in [1.807, 2.05) is 10.6 Å². The zero-order valence-electron chi connectivity index (χ0n) is 14.4. The summed E-state index contributed by atoms with van der Waals surface area (Å²) >= 11 is 1.38. The predicted octanol–water partition coefficient (Wildman–Crippen LogP) is 3.33. The molecule has 0 spiro atoms. The van der Waals surface area contributed by atoms with Crippen molar-refractivity contribution in [2.45, 2.75) is 30.5 Å². The summed E-state index contributed by atoms with van der Waals surface area (Å²) in [6.45, 7) is 4.45. The van der Waals surface area contributed by atoms with Gasteiger partial charge >= 0.3 is 0 Å². The average molecular weight is 359 g/mol. The highest BCUT2D eigenvalue weighted by molar-refractivity contribution is 7.99. The van der Waals surface area contributed by atoms with Gasteiger partial charge in [0.1, 0.15) is 17.3 Å². The lowest BCUT2D eigenvalue weighted by atomic mass is 10.1. The van der Waals surface area contributed by atoms with Crippen LogP contribution in [0.3, 0.4) is 0 Å². The summed E-state index contributed by atoms with van der Waals surface area (Å²) in [5.74, 6) is 2.87. The van der Waals surface area contributed by atoms with E-state index in [2.05, 4.69) is 16.8 Å². The van der Waals surface area contributed by atoms with Crippen LogP contribution in [0.4, 0.5) is 0 Å². The molecule has 0 atom stereocenters. The Hall–Kier alpha value is -2.28. The molecular formula is C18H21N3O3S. The fourth-order valence-electron chi connectivity index (χ4n) is 2.59. The summed E-state index contributed by atoms with van der Waals surface area (Å²) in [7, 11) is 3.12. The molecule has 3 rings (SSSR count). The van der Waals surface area contributed by atoms with Gasteiger partial charge in [0, 0.05) is 12.5 Å². The lowest BCUT2D eigenvalue weighted by molar-refractivity contribution is 0.101. The molecule has 1 aliphatic rings. The topological polar surface area (TPSA) is 66.2 Å². The zero-order chi connectivity index (χ0) is 17.8. The highest BCUT2D eigenvalue weighted by Crippen LogP contribution is 2.40. The molecule has 1 heterocycles. The van der Waals surface area contributed by atoms with Crippen LogP contribution >= 0.6 is 11.8 Å². The van der Waals surface area contributed by atoms with Crippen LogP contribution in [0.1, 0.15) is 34.9 Å². The summed E-state index contributed by atoms with van der Waals surface area (Å²) < 4.78 is 12.5. The van der Waals surface area contributed by atoms with E-state index in [9.17, 15) is 4.79 Å². The van der Waals surface area contributed by atoms with Gasteiger partial charge < -0.3 is 14.0 Å². The number of methoxy groups -OCH3 is 2. The molecule has 25 heavy (non-hydrogen) atoms. The van der Waals surface area contributed by atoms with Crippen molar-refractivity contribution in [3.05, 3.63) is 42.2 Å². The molecule has 0 amide bonds. The third-order valence-corrected chi connectivity index (χ3v) is 5.01. The predicted molar refractivity (Wildman–Crippen MR) is 96.8 cm³/mol. The van der Waals surface area contributed by atoms with Gasteiger partial charge in [-0.3, -0.25) is 4.79 Å². The number of hydrogen-bond donors (Lipinski definition) is 0. The van der Waals surface area contributed by atoms with E-state index in [-0.39, 0.29) is 11.5 Å². The minimum Gasteiger partial charge on any atom is -0.497 e. The van der Waals surface area contributed by atoms with Gasteiger partial charge in [0.15, 0.2) is 10.9 Å². The Balaban J connectivity index is 1.75. The number of hydrogen-bond acceptors (Lipinski definition) is 6. The maximum absolute atomic E-state index is 12.7. The summed E-state index contributed by atoms with van der Waals surface area (Å²) in [5.41, 5.74) is 0.506. The third kappa shape index (κ3) is 3.87. The maximum atomic E-state index is 12.7. The van der Waals surface area contributed by atoms with E-state index < -0.39 is 0 Å². The lowest BCUT2D eigenvalue weighted by Gasteiger charge is -2.10. The Bertz CT molecular complexity index is 784. The van der Waals surface area contributed by atoms with Gasteiger partial charge in [-0.2, -0.15) is 0 Å². The minimum absolute atomic E-state index is 0.0399. The van der Waals surface area contributed by atoms with Crippen LogP contribution in [0.25, 0.3) is 0 Å². The molecule has 7 heteroatoms. The van der Waals surface area contributed by atoms with Gasteiger partial charge in [0.05, 0.1) is 25.5 Å². The van der Waals surface area contributed by atoms with Crippen molar-refractivity contribution < 1.29 is 14.3 Å². The average Bonchev–Trinajstić information content (AvgIpc) is 3.41. The normalized spacial score (nSPS) is 13.5. The SMILES string of the molecule is C=CCn1c(SCC(=O)c2cc(OC)ccc2OC)nnc1C1CC1. The smallest absolute Gasteiger partial charge is 0.191 e. The van der Waals surface area contributed by atoms with Gasteiger partial charge in [-0.15, -0.1) is 16.8 Å². The van der Waals surface area contributed by atoms with E-state index in [0.717, 1.165) is 23.8 Å². The minimum atomic E-state index is -0.0399. The van der Waals surface area contributed by atoms with Crippen molar-refractivity contribution in [2.24, 2.45) is 0 Å². The lowest BCUT2D eigenvalue weighted by Crippen LogP contribution is -2.08. The number of ether oxygens (including phenoxy) is 2. The number of thioether (sulfide) groups is 1.